The first-order valence-electron chi connectivity index (χ1n) is 14.8. The van der Waals surface area contributed by atoms with E-state index in [1.165, 1.54) is 47.9 Å². The van der Waals surface area contributed by atoms with Crippen LogP contribution in [0.3, 0.4) is 0 Å². The van der Waals surface area contributed by atoms with Crippen molar-refractivity contribution < 1.29 is 9.53 Å². The van der Waals surface area contributed by atoms with Crippen molar-refractivity contribution in [2.45, 2.75) is 142 Å². The Morgan fingerprint density at radius 1 is 0.784 bits per heavy atom. The number of ketones is 1. The molecule has 0 aliphatic rings. The fourth-order valence-corrected chi connectivity index (χ4v) is 2.24. The van der Waals surface area contributed by atoms with Gasteiger partial charge in [0.1, 0.15) is 11.5 Å². The third-order valence-corrected chi connectivity index (χ3v) is 4.26. The number of carbonyl (C=O) groups is 1. The lowest BCUT2D eigenvalue weighted by Gasteiger charge is -2.09. The van der Waals surface area contributed by atoms with Gasteiger partial charge < -0.3 is 9.53 Å². The SMILES string of the molecule is CC.CC.CCC.CCC.CCC(C)=O.CCCc1ccc(C)cc1.COc1cc(C(C)C)ccc1C. The third kappa shape index (κ3) is 33.9. The van der Waals surface area contributed by atoms with E-state index in [2.05, 4.69) is 105 Å². The maximum Gasteiger partial charge on any atom is 0.129 e. The second-order valence-electron chi connectivity index (χ2n) is 8.59. The zero-order chi connectivity index (χ0) is 30.2. The van der Waals surface area contributed by atoms with Gasteiger partial charge >= 0.3 is 0 Å². The lowest BCUT2D eigenvalue weighted by Crippen LogP contribution is -1.91. The highest BCUT2D eigenvalue weighted by atomic mass is 16.5. The molecule has 0 aliphatic heterocycles. The summed E-state index contributed by atoms with van der Waals surface area (Å²) in [6.07, 6.45) is 5.61. The van der Waals surface area contributed by atoms with Gasteiger partial charge in [0, 0.05) is 6.42 Å². The molecule has 0 bridgehead atoms. The van der Waals surface area contributed by atoms with E-state index in [4.69, 9.17) is 4.74 Å². The van der Waals surface area contributed by atoms with Gasteiger partial charge in [-0.2, -0.15) is 0 Å². The average Bonchev–Trinajstić information content (AvgIpc) is 2.90. The van der Waals surface area contributed by atoms with Gasteiger partial charge in [-0.25, -0.2) is 0 Å². The first-order chi connectivity index (χ1) is 17.6. The normalized spacial score (nSPS) is 8.35. The van der Waals surface area contributed by atoms with Crippen molar-refractivity contribution in [2.24, 2.45) is 0 Å². The topological polar surface area (TPSA) is 26.3 Å². The van der Waals surface area contributed by atoms with E-state index in [0.717, 1.165) is 5.75 Å². The first kappa shape index (κ1) is 44.9. The van der Waals surface area contributed by atoms with Crippen LogP contribution in [-0.2, 0) is 11.2 Å². The monoisotopic (exact) mass is 519 g/mol. The molecule has 0 aliphatic carbocycles. The molecule has 0 saturated carbocycles. The molecule has 0 atom stereocenters. The molecule has 0 N–H and O–H groups in total. The van der Waals surface area contributed by atoms with Gasteiger partial charge in [0.15, 0.2) is 0 Å². The number of benzene rings is 2. The molecule has 2 aromatic rings. The molecule has 0 fully saturated rings. The summed E-state index contributed by atoms with van der Waals surface area (Å²) >= 11 is 0. The van der Waals surface area contributed by atoms with Crippen molar-refractivity contribution >= 4 is 5.78 Å². The van der Waals surface area contributed by atoms with Gasteiger partial charge in [-0.3, -0.25) is 0 Å². The smallest absolute Gasteiger partial charge is 0.129 e. The largest absolute Gasteiger partial charge is 0.496 e. The van der Waals surface area contributed by atoms with Gasteiger partial charge in [0.2, 0.25) is 0 Å². The van der Waals surface area contributed by atoms with Crippen molar-refractivity contribution in [1.29, 1.82) is 0 Å². The number of hydrogen-bond acceptors (Lipinski definition) is 2. The molecular weight excluding hydrogens is 452 g/mol. The number of Topliss-reactive ketones (excluding diaryl/α,β-unsaturated/α-hetero) is 1. The van der Waals surface area contributed by atoms with Crippen LogP contribution in [-0.4, -0.2) is 12.9 Å². The number of rotatable bonds is 5. The van der Waals surface area contributed by atoms with Crippen LogP contribution in [0.2, 0.25) is 0 Å². The van der Waals surface area contributed by atoms with Crippen LogP contribution in [0.25, 0.3) is 0 Å². The molecular formula is C35H66O2. The number of hydrogen-bond donors (Lipinski definition) is 0. The van der Waals surface area contributed by atoms with Crippen LogP contribution in [0.5, 0.6) is 5.75 Å². The molecule has 0 aromatic heterocycles. The van der Waals surface area contributed by atoms with Crippen molar-refractivity contribution in [1.82, 2.24) is 0 Å². The summed E-state index contributed by atoms with van der Waals surface area (Å²) in [6, 6.07) is 15.1. The second-order valence-corrected chi connectivity index (χ2v) is 8.59. The maximum atomic E-state index is 9.81. The maximum absolute atomic E-state index is 9.81. The molecule has 0 spiro atoms. The molecule has 0 amide bonds. The van der Waals surface area contributed by atoms with E-state index in [1.54, 1.807) is 14.0 Å². The van der Waals surface area contributed by atoms with Crippen LogP contribution < -0.4 is 4.74 Å². The molecule has 2 heteroatoms. The Morgan fingerprint density at radius 3 is 1.49 bits per heavy atom. The van der Waals surface area contributed by atoms with Crippen molar-refractivity contribution in [3.63, 3.8) is 0 Å². The average molecular weight is 519 g/mol. The molecule has 2 nitrogen and oxygen atoms in total. The summed E-state index contributed by atoms with van der Waals surface area (Å²) in [4.78, 5) is 9.81. The molecule has 2 aromatic carbocycles. The molecule has 218 valence electrons. The standard InChI is InChI=1S/C11H16O.C10H14.C4H8O.2C3H8.2C2H6/c1-8(2)10-6-5-9(3)11(7-10)12-4;1-3-4-10-7-5-9(2)6-8-10;1-3-4(2)5;2*1-3-2;2*1-2/h5-8H,1-4H3;5-8H,3-4H2,1-2H3;3H2,1-2H3;2*3H2,1-2H3;2*1-2H3. The fourth-order valence-electron chi connectivity index (χ4n) is 2.24. The van der Waals surface area contributed by atoms with E-state index in [9.17, 15) is 4.79 Å². The Balaban J connectivity index is -0.000000123. The van der Waals surface area contributed by atoms with Gasteiger partial charge in [-0.1, -0.05) is 144 Å². The zero-order valence-electron chi connectivity index (χ0n) is 28.0. The van der Waals surface area contributed by atoms with Crippen LogP contribution in [0.1, 0.15) is 144 Å². The number of methoxy groups -OCH3 is 1. The van der Waals surface area contributed by atoms with Gasteiger partial charge in [-0.15, -0.1) is 0 Å². The molecule has 0 unspecified atom stereocenters. The third-order valence-electron chi connectivity index (χ3n) is 4.26. The predicted molar refractivity (Wildman–Crippen MR) is 173 cm³/mol. The summed E-state index contributed by atoms with van der Waals surface area (Å²) in [5, 5.41) is 0. The van der Waals surface area contributed by atoms with E-state index in [0.29, 0.717) is 12.3 Å². The molecule has 0 saturated heterocycles. The highest BCUT2D eigenvalue weighted by molar-refractivity contribution is 5.74. The van der Waals surface area contributed by atoms with Crippen LogP contribution in [0.4, 0.5) is 0 Å². The number of aryl methyl sites for hydroxylation is 3. The van der Waals surface area contributed by atoms with Gasteiger partial charge in [0.05, 0.1) is 7.11 Å². The highest BCUT2D eigenvalue weighted by Crippen LogP contribution is 2.23. The lowest BCUT2D eigenvalue weighted by molar-refractivity contribution is -0.116. The van der Waals surface area contributed by atoms with Crippen molar-refractivity contribution in [3.8, 4) is 5.75 Å². The zero-order valence-corrected chi connectivity index (χ0v) is 28.0. The molecule has 37 heavy (non-hydrogen) atoms. The fraction of sp³-hybridized carbons (Fsp3) is 0.629. The minimum absolute atomic E-state index is 0.255. The number of ether oxygens (including phenoxy) is 1. The summed E-state index contributed by atoms with van der Waals surface area (Å²) < 4.78 is 5.24. The lowest BCUT2D eigenvalue weighted by atomic mass is 10.0. The van der Waals surface area contributed by atoms with Gasteiger partial charge in [0.25, 0.3) is 0 Å². The van der Waals surface area contributed by atoms with E-state index >= 15 is 0 Å². The quantitative estimate of drug-likeness (QED) is 0.393. The second kappa shape index (κ2) is 36.1. The van der Waals surface area contributed by atoms with Crippen LogP contribution in [0.15, 0.2) is 42.5 Å². The Kier molecular flexibility index (Phi) is 43.7. The first-order valence-corrected chi connectivity index (χ1v) is 14.8. The summed E-state index contributed by atoms with van der Waals surface area (Å²) in [5.41, 5.74) is 5.33. The van der Waals surface area contributed by atoms with Crippen LogP contribution >= 0.6 is 0 Å². The van der Waals surface area contributed by atoms with E-state index in [1.807, 2.05) is 34.6 Å². The summed E-state index contributed by atoms with van der Waals surface area (Å²) in [6.45, 7) is 30.7. The highest BCUT2D eigenvalue weighted by Gasteiger charge is 2.02. The minimum Gasteiger partial charge on any atom is -0.496 e. The van der Waals surface area contributed by atoms with Crippen molar-refractivity contribution in [3.05, 3.63) is 64.7 Å². The van der Waals surface area contributed by atoms with Crippen molar-refractivity contribution in [2.75, 3.05) is 7.11 Å². The minimum atomic E-state index is 0.255. The Morgan fingerprint density at radius 2 is 1.19 bits per heavy atom. The predicted octanol–water partition coefficient (Wildman–Crippen LogP) is 11.9. The molecule has 0 heterocycles. The Labute approximate surface area is 234 Å². The number of carbonyl (C=O) groups excluding carboxylic acids is 1. The van der Waals surface area contributed by atoms with E-state index in [-0.39, 0.29) is 5.78 Å². The Hall–Kier alpha value is -2.09. The van der Waals surface area contributed by atoms with Crippen LogP contribution in [0, 0.1) is 13.8 Å². The molecule has 2 rings (SSSR count). The molecule has 0 radical (unpaired) electrons. The van der Waals surface area contributed by atoms with E-state index < -0.39 is 0 Å². The summed E-state index contributed by atoms with van der Waals surface area (Å²) in [5.74, 6) is 1.81. The Bertz CT molecular complexity index is 683. The summed E-state index contributed by atoms with van der Waals surface area (Å²) in [7, 11) is 1.71. The van der Waals surface area contributed by atoms with Gasteiger partial charge in [-0.05, 0) is 55.9 Å².